The first-order chi connectivity index (χ1) is 15.3. The molecule has 6 nitrogen and oxygen atoms in total. The Morgan fingerprint density at radius 3 is 1.97 bits per heavy atom. The predicted octanol–water partition coefficient (Wildman–Crippen LogP) is 4.53. The maximum Gasteiger partial charge on any atom is 0.243 e. The molecule has 1 aromatic carbocycles. The first-order valence-corrected chi connectivity index (χ1v) is 13.8. The second kappa shape index (κ2) is 9.39. The standard InChI is InChI=1S/C24H35N3O3S2/c1-3-9-27(10-4-2)32(29,30)21-7-5-20(6-8-21)25-23(31)26-22(28)24-14-17-11-18(15-24)13-19(12-17)16-24/h5-8,17-19H,3-4,9-16H2,1-2H3,(H2,25,26,28,31). The average Bonchev–Trinajstić information content (AvgIpc) is 2.73. The number of carbonyl (C=O) groups excluding carboxylic acids is 1. The minimum atomic E-state index is -3.51. The molecule has 4 aliphatic rings. The number of amides is 1. The summed E-state index contributed by atoms with van der Waals surface area (Å²) in [5, 5.41) is 6.27. The van der Waals surface area contributed by atoms with E-state index in [2.05, 4.69) is 10.6 Å². The lowest BCUT2D eigenvalue weighted by atomic mass is 9.49. The van der Waals surface area contributed by atoms with Gasteiger partial charge in [-0.2, -0.15) is 4.31 Å². The molecule has 4 aliphatic carbocycles. The highest BCUT2D eigenvalue weighted by Crippen LogP contribution is 2.60. The maximum absolute atomic E-state index is 13.2. The van der Waals surface area contributed by atoms with Crippen molar-refractivity contribution in [2.24, 2.45) is 23.2 Å². The van der Waals surface area contributed by atoms with Crippen LogP contribution in [0.15, 0.2) is 29.2 Å². The van der Waals surface area contributed by atoms with Crippen molar-refractivity contribution in [1.82, 2.24) is 9.62 Å². The Kier molecular flexibility index (Phi) is 6.94. The topological polar surface area (TPSA) is 78.5 Å². The van der Waals surface area contributed by atoms with E-state index in [4.69, 9.17) is 12.2 Å². The van der Waals surface area contributed by atoms with Crippen molar-refractivity contribution in [1.29, 1.82) is 0 Å². The zero-order valence-electron chi connectivity index (χ0n) is 19.1. The second-order valence-corrected chi connectivity index (χ2v) is 12.4. The largest absolute Gasteiger partial charge is 0.332 e. The van der Waals surface area contributed by atoms with Crippen LogP contribution in [-0.2, 0) is 14.8 Å². The summed E-state index contributed by atoms with van der Waals surface area (Å²) in [4.78, 5) is 13.4. The van der Waals surface area contributed by atoms with Crippen molar-refractivity contribution < 1.29 is 13.2 Å². The van der Waals surface area contributed by atoms with Crippen LogP contribution in [0, 0.1) is 23.2 Å². The van der Waals surface area contributed by atoms with Gasteiger partial charge in [0.15, 0.2) is 5.11 Å². The Hall–Kier alpha value is -1.51. The van der Waals surface area contributed by atoms with Crippen molar-refractivity contribution in [2.75, 3.05) is 18.4 Å². The molecule has 4 fully saturated rings. The van der Waals surface area contributed by atoms with Crippen LogP contribution in [0.3, 0.4) is 0 Å². The van der Waals surface area contributed by atoms with Gasteiger partial charge >= 0.3 is 0 Å². The molecule has 4 saturated carbocycles. The number of carbonyl (C=O) groups is 1. The van der Waals surface area contributed by atoms with Gasteiger partial charge in [-0.25, -0.2) is 8.42 Å². The molecule has 8 heteroatoms. The highest BCUT2D eigenvalue weighted by atomic mass is 32.2. The smallest absolute Gasteiger partial charge is 0.243 e. The van der Waals surface area contributed by atoms with Crippen LogP contribution in [0.4, 0.5) is 5.69 Å². The number of rotatable bonds is 8. The quantitative estimate of drug-likeness (QED) is 0.538. The van der Waals surface area contributed by atoms with Crippen molar-refractivity contribution in [3.05, 3.63) is 24.3 Å². The number of hydrogen-bond acceptors (Lipinski definition) is 4. The fourth-order valence-electron chi connectivity index (χ4n) is 6.50. The van der Waals surface area contributed by atoms with Crippen LogP contribution in [0.25, 0.3) is 0 Å². The second-order valence-electron chi connectivity index (χ2n) is 10.0. The summed E-state index contributed by atoms with van der Waals surface area (Å²) in [5.41, 5.74) is 0.415. The minimum Gasteiger partial charge on any atom is -0.332 e. The normalized spacial score (nSPS) is 28.7. The summed E-state index contributed by atoms with van der Waals surface area (Å²) in [5.74, 6) is 2.15. The van der Waals surface area contributed by atoms with Gasteiger partial charge in [-0.3, -0.25) is 4.79 Å². The Bertz CT molecular complexity index is 918. The fourth-order valence-corrected chi connectivity index (χ4v) is 8.33. The van der Waals surface area contributed by atoms with E-state index >= 15 is 0 Å². The van der Waals surface area contributed by atoms with Gasteiger partial charge in [0, 0.05) is 18.8 Å². The van der Waals surface area contributed by atoms with Gasteiger partial charge in [0.1, 0.15) is 0 Å². The van der Waals surface area contributed by atoms with E-state index in [1.54, 1.807) is 24.3 Å². The van der Waals surface area contributed by atoms with Crippen LogP contribution in [0.1, 0.15) is 65.2 Å². The molecular formula is C24H35N3O3S2. The number of benzene rings is 1. The molecule has 0 spiro atoms. The molecule has 1 aromatic rings. The fraction of sp³-hybridized carbons (Fsp3) is 0.667. The van der Waals surface area contributed by atoms with Gasteiger partial charge in [0.2, 0.25) is 15.9 Å². The van der Waals surface area contributed by atoms with Crippen molar-refractivity contribution in [2.45, 2.75) is 70.1 Å². The zero-order chi connectivity index (χ0) is 22.9. The van der Waals surface area contributed by atoms with Crippen LogP contribution < -0.4 is 10.6 Å². The van der Waals surface area contributed by atoms with Crippen LogP contribution in [-0.4, -0.2) is 36.8 Å². The number of thiocarbonyl (C=S) groups is 1. The van der Waals surface area contributed by atoms with Gasteiger partial charge in [0.25, 0.3) is 0 Å². The first kappa shape index (κ1) is 23.6. The van der Waals surface area contributed by atoms with Crippen molar-refractivity contribution in [3.8, 4) is 0 Å². The Morgan fingerprint density at radius 1 is 1.00 bits per heavy atom. The van der Waals surface area contributed by atoms with E-state index in [1.807, 2.05) is 13.8 Å². The lowest BCUT2D eigenvalue weighted by Crippen LogP contribution is -2.55. The van der Waals surface area contributed by atoms with Gasteiger partial charge in [-0.15, -0.1) is 0 Å². The Labute approximate surface area is 197 Å². The monoisotopic (exact) mass is 477 g/mol. The Morgan fingerprint density at radius 2 is 1.50 bits per heavy atom. The third kappa shape index (κ3) is 4.73. The van der Waals surface area contributed by atoms with Gasteiger partial charge in [0.05, 0.1) is 10.3 Å². The third-order valence-electron chi connectivity index (χ3n) is 7.44. The average molecular weight is 478 g/mol. The van der Waals surface area contributed by atoms with Crippen molar-refractivity contribution >= 4 is 38.9 Å². The summed E-state index contributed by atoms with van der Waals surface area (Å²) >= 11 is 5.41. The molecule has 0 atom stereocenters. The summed E-state index contributed by atoms with van der Waals surface area (Å²) in [7, 11) is -3.51. The summed E-state index contributed by atoms with van der Waals surface area (Å²) in [6, 6.07) is 6.59. The number of anilines is 1. The van der Waals surface area contributed by atoms with Crippen LogP contribution >= 0.6 is 12.2 Å². The third-order valence-corrected chi connectivity index (χ3v) is 9.56. The van der Waals surface area contributed by atoms with Gasteiger partial charge < -0.3 is 10.6 Å². The number of sulfonamides is 1. The highest BCUT2D eigenvalue weighted by Gasteiger charge is 2.54. The molecule has 0 aromatic heterocycles. The molecule has 176 valence electrons. The molecule has 0 radical (unpaired) electrons. The highest BCUT2D eigenvalue weighted by molar-refractivity contribution is 7.89. The van der Waals surface area contributed by atoms with E-state index in [1.165, 1.54) is 23.6 Å². The summed E-state index contributed by atoms with van der Waals surface area (Å²) in [6.07, 6.45) is 8.40. The number of nitrogens with zero attached hydrogens (tertiary/aromatic N) is 1. The van der Waals surface area contributed by atoms with Crippen LogP contribution in [0.2, 0.25) is 0 Å². The molecule has 0 unspecified atom stereocenters. The lowest BCUT2D eigenvalue weighted by molar-refractivity contribution is -0.144. The van der Waals surface area contributed by atoms with Gasteiger partial charge in [-0.1, -0.05) is 13.8 Å². The van der Waals surface area contributed by atoms with E-state index in [0.29, 0.717) is 36.5 Å². The lowest BCUT2D eigenvalue weighted by Gasteiger charge is -2.55. The predicted molar refractivity (Wildman–Crippen MR) is 131 cm³/mol. The van der Waals surface area contributed by atoms with E-state index in [-0.39, 0.29) is 21.3 Å². The minimum absolute atomic E-state index is 0.0584. The molecular weight excluding hydrogens is 442 g/mol. The van der Waals surface area contributed by atoms with Crippen molar-refractivity contribution in [3.63, 3.8) is 0 Å². The number of hydrogen-bond donors (Lipinski definition) is 2. The summed E-state index contributed by atoms with van der Waals surface area (Å²) < 4.78 is 27.4. The first-order valence-electron chi connectivity index (χ1n) is 12.0. The molecule has 4 bridgehead atoms. The summed E-state index contributed by atoms with van der Waals surface area (Å²) in [6.45, 7) is 4.97. The molecule has 0 heterocycles. The Balaban J connectivity index is 1.37. The zero-order valence-corrected chi connectivity index (χ0v) is 20.7. The molecule has 0 aliphatic heterocycles. The van der Waals surface area contributed by atoms with E-state index in [0.717, 1.165) is 32.1 Å². The molecule has 32 heavy (non-hydrogen) atoms. The van der Waals surface area contributed by atoms with Gasteiger partial charge in [-0.05, 0) is 106 Å². The van der Waals surface area contributed by atoms with Crippen LogP contribution in [0.5, 0.6) is 0 Å². The van der Waals surface area contributed by atoms with E-state index < -0.39 is 10.0 Å². The number of nitrogens with one attached hydrogen (secondary N) is 2. The molecule has 1 amide bonds. The molecule has 2 N–H and O–H groups in total. The van der Waals surface area contributed by atoms with E-state index in [9.17, 15) is 13.2 Å². The molecule has 5 rings (SSSR count). The SMILES string of the molecule is CCCN(CCC)S(=O)(=O)c1ccc(NC(=S)NC(=O)C23CC4CC(CC(C4)C2)C3)cc1. The maximum atomic E-state index is 13.2. The molecule has 0 saturated heterocycles.